The molecule has 0 spiro atoms. The van der Waals surface area contributed by atoms with E-state index in [-0.39, 0.29) is 27.9 Å². The predicted molar refractivity (Wildman–Crippen MR) is 147 cm³/mol. The third-order valence-corrected chi connectivity index (χ3v) is 12.2. The molecule has 8 fully saturated rings. The fourth-order valence-corrected chi connectivity index (χ4v) is 11.6. The monoisotopic (exact) mass is 542 g/mol. The quantitative estimate of drug-likeness (QED) is 0.357. The zero-order chi connectivity index (χ0) is 27.3. The van der Waals surface area contributed by atoms with Crippen molar-refractivity contribution in [2.75, 3.05) is 0 Å². The van der Waals surface area contributed by atoms with Gasteiger partial charge in [-0.15, -0.1) is 0 Å². The lowest BCUT2D eigenvalue weighted by Crippen LogP contribution is -2.76. The molecule has 8 saturated carbocycles. The second-order valence-corrected chi connectivity index (χ2v) is 14.3. The number of aromatic carboxylic acids is 2. The molecular weight excluding hydrogens is 504 g/mol. The molecule has 0 aromatic heterocycles. The zero-order valence-electron chi connectivity index (χ0n) is 22.9. The molecule has 6 nitrogen and oxygen atoms in total. The molecule has 0 saturated heterocycles. The molecular formula is C34H38O6. The third kappa shape index (κ3) is 3.34. The van der Waals surface area contributed by atoms with E-state index in [4.69, 9.17) is 9.47 Å². The predicted octanol–water partition coefficient (Wildman–Crippen LogP) is 7.28. The highest BCUT2D eigenvalue weighted by Gasteiger charge is 2.77. The lowest BCUT2D eigenvalue weighted by atomic mass is 9.33. The Bertz CT molecular complexity index is 1270. The van der Waals surface area contributed by atoms with Gasteiger partial charge >= 0.3 is 11.9 Å². The lowest BCUT2D eigenvalue weighted by molar-refractivity contribution is -0.357. The Labute approximate surface area is 235 Å². The Morgan fingerprint density at radius 2 is 1.00 bits per heavy atom. The van der Waals surface area contributed by atoms with E-state index in [1.54, 1.807) is 36.4 Å². The first-order chi connectivity index (χ1) is 19.3. The summed E-state index contributed by atoms with van der Waals surface area (Å²) in [6.45, 7) is 0. The van der Waals surface area contributed by atoms with Crippen LogP contribution in [0.3, 0.4) is 0 Å². The number of ether oxygens (including phenoxy) is 2. The molecule has 0 heterocycles. The number of benzene rings is 2. The zero-order valence-corrected chi connectivity index (χ0v) is 22.9. The molecule has 40 heavy (non-hydrogen) atoms. The van der Waals surface area contributed by atoms with Crippen LogP contribution in [0.5, 0.6) is 11.5 Å². The van der Waals surface area contributed by atoms with Gasteiger partial charge in [0.2, 0.25) is 0 Å². The van der Waals surface area contributed by atoms with Crippen LogP contribution in [0, 0.1) is 46.3 Å². The van der Waals surface area contributed by atoms with Gasteiger partial charge in [-0.2, -0.15) is 0 Å². The van der Waals surface area contributed by atoms with Crippen LogP contribution in [0.4, 0.5) is 0 Å². The van der Waals surface area contributed by atoms with Crippen LogP contribution in [0.25, 0.3) is 0 Å². The smallest absolute Gasteiger partial charge is 0.339 e. The van der Waals surface area contributed by atoms with Crippen molar-refractivity contribution in [3.63, 3.8) is 0 Å². The maximum absolute atomic E-state index is 12.4. The number of para-hydroxylation sites is 2. The van der Waals surface area contributed by atoms with Crippen molar-refractivity contribution in [3.8, 4) is 11.5 Å². The van der Waals surface area contributed by atoms with E-state index < -0.39 is 17.7 Å². The second-order valence-electron chi connectivity index (χ2n) is 14.3. The van der Waals surface area contributed by atoms with Gasteiger partial charge in [-0.05, 0) is 130 Å². The van der Waals surface area contributed by atoms with Gasteiger partial charge in [0, 0.05) is 5.92 Å². The molecule has 0 amide bonds. The van der Waals surface area contributed by atoms with Gasteiger partial charge in [0.05, 0.1) is 5.41 Å². The number of rotatable bonds is 7. The summed E-state index contributed by atoms with van der Waals surface area (Å²) in [6, 6.07) is 13.8. The normalized spacial score (nSPS) is 39.7. The standard InChI is InChI=1S/C34H38O6/c35-30(36)26-5-1-3-7-28(26)39-34(40-29-8-4-2-6-27(29)31(37)38)25-13-23-12-24(14-25)19-33(34,18-23)32-15-20-9-21(16-32)11-22(10-20)17-32/h1-8,20-25H,9-19H2,(H,35,36)(H,37,38). The van der Waals surface area contributed by atoms with Gasteiger partial charge in [-0.1, -0.05) is 24.3 Å². The first kappa shape index (κ1) is 24.8. The molecule has 2 aromatic carbocycles. The summed E-state index contributed by atoms with van der Waals surface area (Å²) >= 11 is 0. The Morgan fingerprint density at radius 3 is 1.43 bits per heavy atom. The van der Waals surface area contributed by atoms with Crippen molar-refractivity contribution in [3.05, 3.63) is 59.7 Å². The molecule has 8 bridgehead atoms. The van der Waals surface area contributed by atoms with Crippen molar-refractivity contribution >= 4 is 11.9 Å². The van der Waals surface area contributed by atoms with Gasteiger partial charge in [-0.3, -0.25) is 0 Å². The van der Waals surface area contributed by atoms with Crippen LogP contribution >= 0.6 is 0 Å². The summed E-state index contributed by atoms with van der Waals surface area (Å²) in [6.07, 6.45) is 12.9. The average Bonchev–Trinajstić information content (AvgIpc) is 2.91. The Kier molecular flexibility index (Phi) is 5.26. The molecule has 2 N–H and O–H groups in total. The summed E-state index contributed by atoms with van der Waals surface area (Å²) in [5, 5.41) is 20.3. The van der Waals surface area contributed by atoms with Crippen molar-refractivity contribution < 1.29 is 29.3 Å². The highest BCUT2D eigenvalue weighted by atomic mass is 16.7. The van der Waals surface area contributed by atoms with Crippen molar-refractivity contribution in [1.29, 1.82) is 0 Å². The summed E-state index contributed by atoms with van der Waals surface area (Å²) in [7, 11) is 0. The molecule has 10 rings (SSSR count). The van der Waals surface area contributed by atoms with Crippen molar-refractivity contribution in [2.45, 2.75) is 76.4 Å². The molecule has 8 aliphatic rings. The van der Waals surface area contributed by atoms with Gasteiger partial charge in [0.1, 0.15) is 22.6 Å². The topological polar surface area (TPSA) is 93.1 Å². The molecule has 2 atom stereocenters. The first-order valence-corrected chi connectivity index (χ1v) is 15.3. The SMILES string of the molecule is O=C(O)c1ccccc1OC1(Oc2ccccc2C(=O)O)C2CC3CC(C2)CC1(C12CC4CC(CC(C4)C1)C2)C3. The average molecular weight is 543 g/mol. The highest BCUT2D eigenvalue weighted by Crippen LogP contribution is 2.78. The van der Waals surface area contributed by atoms with Gasteiger partial charge < -0.3 is 19.7 Å². The highest BCUT2D eigenvalue weighted by molar-refractivity contribution is 5.91. The van der Waals surface area contributed by atoms with E-state index >= 15 is 0 Å². The lowest BCUT2D eigenvalue weighted by Gasteiger charge is -2.74. The van der Waals surface area contributed by atoms with Crippen LogP contribution in [-0.4, -0.2) is 27.9 Å². The van der Waals surface area contributed by atoms with Crippen LogP contribution in [0.15, 0.2) is 48.5 Å². The second kappa shape index (κ2) is 8.50. The number of carbonyl (C=O) groups is 2. The van der Waals surface area contributed by atoms with Gasteiger partial charge in [-0.25, -0.2) is 9.59 Å². The van der Waals surface area contributed by atoms with Gasteiger partial charge in [0.25, 0.3) is 5.79 Å². The molecule has 2 unspecified atom stereocenters. The number of hydrogen-bond donors (Lipinski definition) is 2. The Hall–Kier alpha value is -3.02. The van der Waals surface area contributed by atoms with Crippen LogP contribution in [0.2, 0.25) is 0 Å². The van der Waals surface area contributed by atoms with Crippen LogP contribution < -0.4 is 9.47 Å². The van der Waals surface area contributed by atoms with E-state index in [0.717, 1.165) is 43.4 Å². The van der Waals surface area contributed by atoms with E-state index in [0.29, 0.717) is 23.3 Å². The van der Waals surface area contributed by atoms with E-state index in [2.05, 4.69) is 0 Å². The molecule has 8 aliphatic carbocycles. The van der Waals surface area contributed by atoms with Crippen LogP contribution in [0.1, 0.15) is 91.3 Å². The number of carboxylic acid groups (broad SMARTS) is 2. The van der Waals surface area contributed by atoms with Crippen molar-refractivity contribution in [1.82, 2.24) is 0 Å². The maximum Gasteiger partial charge on any atom is 0.339 e. The fraction of sp³-hybridized carbons (Fsp3) is 0.588. The Morgan fingerprint density at radius 1 is 0.600 bits per heavy atom. The van der Waals surface area contributed by atoms with E-state index in [1.165, 1.54) is 44.9 Å². The summed E-state index contributed by atoms with van der Waals surface area (Å²) in [5.41, 5.74) is 0.0498. The Balaban J connectivity index is 1.35. The van der Waals surface area contributed by atoms with E-state index in [9.17, 15) is 19.8 Å². The maximum atomic E-state index is 12.4. The number of hydrogen-bond acceptors (Lipinski definition) is 4. The van der Waals surface area contributed by atoms with Crippen LogP contribution in [-0.2, 0) is 0 Å². The summed E-state index contributed by atoms with van der Waals surface area (Å²) < 4.78 is 14.4. The summed E-state index contributed by atoms with van der Waals surface area (Å²) in [5.74, 6) is 1.05. The third-order valence-electron chi connectivity index (χ3n) is 12.2. The molecule has 0 aliphatic heterocycles. The summed E-state index contributed by atoms with van der Waals surface area (Å²) in [4.78, 5) is 24.8. The minimum Gasteiger partial charge on any atom is -0.478 e. The molecule has 210 valence electrons. The largest absolute Gasteiger partial charge is 0.478 e. The first-order valence-electron chi connectivity index (χ1n) is 15.3. The molecule has 2 aromatic rings. The van der Waals surface area contributed by atoms with Crippen molar-refractivity contribution in [2.24, 2.45) is 46.3 Å². The minimum atomic E-state index is -1.12. The minimum absolute atomic E-state index is 0.0775. The fourth-order valence-electron chi connectivity index (χ4n) is 11.6. The molecule has 6 heteroatoms. The number of carboxylic acids is 2. The van der Waals surface area contributed by atoms with Gasteiger partial charge in [0.15, 0.2) is 0 Å². The van der Waals surface area contributed by atoms with E-state index in [1.807, 2.05) is 12.1 Å². The molecule has 0 radical (unpaired) electrons.